The van der Waals surface area contributed by atoms with Crippen molar-refractivity contribution in [3.63, 3.8) is 0 Å². The summed E-state index contributed by atoms with van der Waals surface area (Å²) >= 11 is 0. The number of aromatic amines is 1. The van der Waals surface area contributed by atoms with Crippen LogP contribution in [0.25, 0.3) is 22.3 Å². The van der Waals surface area contributed by atoms with E-state index in [1.807, 2.05) is 26.0 Å². The van der Waals surface area contributed by atoms with Crippen LogP contribution in [0.4, 0.5) is 0 Å². The van der Waals surface area contributed by atoms with Gasteiger partial charge in [0.15, 0.2) is 0 Å². The second-order valence-electron chi connectivity index (χ2n) is 6.21. The van der Waals surface area contributed by atoms with Crippen LogP contribution in [0, 0.1) is 13.8 Å². The largest absolute Gasteiger partial charge is 0.497 e. The van der Waals surface area contributed by atoms with Crippen molar-refractivity contribution in [1.29, 1.82) is 0 Å². The Morgan fingerprint density at radius 2 is 1.78 bits per heavy atom. The summed E-state index contributed by atoms with van der Waals surface area (Å²) in [5.41, 5.74) is 2.93. The van der Waals surface area contributed by atoms with Gasteiger partial charge in [-0.25, -0.2) is 4.98 Å². The first-order chi connectivity index (χ1) is 13.0. The third-order valence-corrected chi connectivity index (χ3v) is 4.30. The molecule has 0 aliphatic carbocycles. The molecule has 0 atom stereocenters. The summed E-state index contributed by atoms with van der Waals surface area (Å²) < 4.78 is 16.3. The fraction of sp³-hybridized carbons (Fsp3) is 0.300. The number of fused-ring (bicyclic) bond motifs is 1. The zero-order chi connectivity index (χ0) is 19.6. The molecule has 1 N–H and O–H groups in total. The van der Waals surface area contributed by atoms with Crippen molar-refractivity contribution in [2.24, 2.45) is 0 Å². The van der Waals surface area contributed by atoms with E-state index in [9.17, 15) is 4.79 Å². The molecule has 2 aromatic carbocycles. The summed E-state index contributed by atoms with van der Waals surface area (Å²) in [6, 6.07) is 7.24. The minimum atomic E-state index is -0.270. The fourth-order valence-corrected chi connectivity index (χ4v) is 3.10. The smallest absolute Gasteiger partial charge is 0.262 e. The molecule has 7 heteroatoms. The van der Waals surface area contributed by atoms with Crippen molar-refractivity contribution in [3.05, 3.63) is 45.7 Å². The second kappa shape index (κ2) is 7.74. The van der Waals surface area contributed by atoms with Gasteiger partial charge in [0.1, 0.15) is 28.5 Å². The highest BCUT2D eigenvalue weighted by molar-refractivity contribution is 6.08. The first-order valence-corrected chi connectivity index (χ1v) is 8.59. The number of hydrogen-bond donors (Lipinski definition) is 1. The van der Waals surface area contributed by atoms with Crippen LogP contribution in [0.1, 0.15) is 11.1 Å². The molecular weight excluding hydrogens is 343 g/mol. The zero-order valence-corrected chi connectivity index (χ0v) is 15.9. The van der Waals surface area contributed by atoms with Gasteiger partial charge in [0.2, 0.25) is 0 Å². The van der Waals surface area contributed by atoms with Gasteiger partial charge < -0.3 is 19.2 Å². The van der Waals surface area contributed by atoms with Crippen molar-refractivity contribution in [2.75, 3.05) is 20.8 Å². The highest BCUT2D eigenvalue weighted by Gasteiger charge is 2.14. The SMILES string of the molecule is [B]CCOc1c(C)cc(-c2nc3cc(OC)cc(OC)c3c(=O)[nH]2)cc1C. The maximum atomic E-state index is 12.7. The molecule has 0 spiro atoms. The molecule has 0 unspecified atom stereocenters. The molecule has 2 radical (unpaired) electrons. The van der Waals surface area contributed by atoms with E-state index in [0.29, 0.717) is 41.2 Å². The number of aromatic nitrogens is 2. The maximum Gasteiger partial charge on any atom is 0.262 e. The third-order valence-electron chi connectivity index (χ3n) is 4.30. The van der Waals surface area contributed by atoms with Gasteiger partial charge in [0.05, 0.1) is 34.2 Å². The van der Waals surface area contributed by atoms with Crippen molar-refractivity contribution >= 4 is 18.7 Å². The van der Waals surface area contributed by atoms with Crippen LogP contribution in [0.2, 0.25) is 6.32 Å². The van der Waals surface area contributed by atoms with Gasteiger partial charge >= 0.3 is 0 Å². The number of rotatable bonds is 6. The highest BCUT2D eigenvalue weighted by atomic mass is 16.5. The quantitative estimate of drug-likeness (QED) is 0.680. The van der Waals surface area contributed by atoms with E-state index in [0.717, 1.165) is 22.4 Å². The topological polar surface area (TPSA) is 73.4 Å². The Balaban J connectivity index is 2.16. The second-order valence-corrected chi connectivity index (χ2v) is 6.21. The van der Waals surface area contributed by atoms with Crippen LogP contribution in [0.15, 0.2) is 29.1 Å². The summed E-state index contributed by atoms with van der Waals surface area (Å²) in [4.78, 5) is 20.1. The van der Waals surface area contributed by atoms with Gasteiger partial charge in [-0.3, -0.25) is 4.79 Å². The number of methoxy groups -OCH3 is 2. The molecule has 3 aromatic rings. The molecule has 0 aliphatic rings. The predicted molar refractivity (Wildman–Crippen MR) is 106 cm³/mol. The van der Waals surface area contributed by atoms with Crippen molar-refractivity contribution in [2.45, 2.75) is 20.2 Å². The van der Waals surface area contributed by atoms with Crippen LogP contribution >= 0.6 is 0 Å². The zero-order valence-electron chi connectivity index (χ0n) is 15.9. The molecular formula is C20H21BN2O4. The van der Waals surface area contributed by atoms with Crippen LogP contribution in [0.5, 0.6) is 17.2 Å². The summed E-state index contributed by atoms with van der Waals surface area (Å²) in [5.74, 6) is 2.26. The van der Waals surface area contributed by atoms with E-state index in [-0.39, 0.29) is 5.56 Å². The predicted octanol–water partition coefficient (Wildman–Crippen LogP) is 3.19. The lowest BCUT2D eigenvalue weighted by Gasteiger charge is -2.14. The molecule has 138 valence electrons. The molecule has 0 aliphatic heterocycles. The number of hydrogen-bond acceptors (Lipinski definition) is 5. The average molecular weight is 364 g/mol. The fourth-order valence-electron chi connectivity index (χ4n) is 3.10. The third kappa shape index (κ3) is 3.63. The van der Waals surface area contributed by atoms with E-state index in [4.69, 9.17) is 22.1 Å². The number of H-pyrrole nitrogens is 1. The lowest BCUT2D eigenvalue weighted by Crippen LogP contribution is -2.11. The van der Waals surface area contributed by atoms with Gasteiger partial charge in [0, 0.05) is 17.7 Å². The lowest BCUT2D eigenvalue weighted by atomic mass is 10.0. The van der Waals surface area contributed by atoms with Crippen molar-refractivity contribution < 1.29 is 14.2 Å². The Morgan fingerprint density at radius 3 is 2.37 bits per heavy atom. The minimum absolute atomic E-state index is 0.270. The number of benzene rings is 2. The molecule has 0 bridgehead atoms. The van der Waals surface area contributed by atoms with Gasteiger partial charge in [-0.15, -0.1) is 0 Å². The standard InChI is InChI=1S/C20H21BN2O4/c1-11-7-13(8-12(2)18(11)27-6-5-21)19-22-15-9-14(25-3)10-16(26-4)17(15)20(24)23-19/h7-10H,5-6H2,1-4H3,(H,22,23,24). The summed E-state index contributed by atoms with van der Waals surface area (Å²) in [6.07, 6.45) is 0.448. The van der Waals surface area contributed by atoms with Crippen LogP contribution in [-0.4, -0.2) is 38.6 Å². The van der Waals surface area contributed by atoms with E-state index >= 15 is 0 Å². The molecule has 0 saturated heterocycles. The van der Waals surface area contributed by atoms with Crippen LogP contribution < -0.4 is 19.8 Å². The summed E-state index contributed by atoms with van der Waals surface area (Å²) in [7, 11) is 8.58. The molecule has 0 fully saturated rings. The Bertz CT molecular complexity index is 1020. The Labute approximate surface area is 158 Å². The Morgan fingerprint density at radius 1 is 1.07 bits per heavy atom. The monoisotopic (exact) mass is 364 g/mol. The van der Waals surface area contributed by atoms with Gasteiger partial charge in [-0.2, -0.15) is 0 Å². The molecule has 1 heterocycles. The van der Waals surface area contributed by atoms with Gasteiger partial charge in [-0.1, -0.05) is 6.32 Å². The molecule has 0 saturated carbocycles. The minimum Gasteiger partial charge on any atom is -0.497 e. The molecule has 0 amide bonds. The van der Waals surface area contributed by atoms with Gasteiger partial charge in [-0.05, 0) is 37.1 Å². The number of nitrogens with one attached hydrogen (secondary N) is 1. The first-order valence-electron chi connectivity index (χ1n) is 8.59. The average Bonchev–Trinajstić information content (AvgIpc) is 2.66. The molecule has 3 rings (SSSR count). The van der Waals surface area contributed by atoms with E-state index in [1.54, 1.807) is 19.2 Å². The number of nitrogens with zero attached hydrogens (tertiary/aromatic N) is 1. The highest BCUT2D eigenvalue weighted by Crippen LogP contribution is 2.31. The number of aryl methyl sites for hydroxylation is 2. The first kappa shape index (κ1) is 18.8. The van der Waals surface area contributed by atoms with Crippen LogP contribution in [-0.2, 0) is 0 Å². The molecule has 27 heavy (non-hydrogen) atoms. The lowest BCUT2D eigenvalue weighted by molar-refractivity contribution is 0.336. The summed E-state index contributed by atoms with van der Waals surface area (Å²) in [5, 5.41) is 0.387. The van der Waals surface area contributed by atoms with Gasteiger partial charge in [0.25, 0.3) is 5.56 Å². The Kier molecular flexibility index (Phi) is 5.39. The van der Waals surface area contributed by atoms with E-state index in [2.05, 4.69) is 9.97 Å². The Hall–Kier alpha value is -2.96. The maximum absolute atomic E-state index is 12.7. The van der Waals surface area contributed by atoms with Crippen LogP contribution in [0.3, 0.4) is 0 Å². The van der Waals surface area contributed by atoms with E-state index in [1.165, 1.54) is 7.11 Å². The van der Waals surface area contributed by atoms with E-state index < -0.39 is 0 Å². The molecule has 6 nitrogen and oxygen atoms in total. The van der Waals surface area contributed by atoms with Crippen molar-refractivity contribution in [3.8, 4) is 28.6 Å². The number of ether oxygens (including phenoxy) is 3. The summed E-state index contributed by atoms with van der Waals surface area (Å²) in [6.45, 7) is 4.35. The van der Waals surface area contributed by atoms with Crippen molar-refractivity contribution in [1.82, 2.24) is 9.97 Å². The molecule has 1 aromatic heterocycles. The normalized spacial score (nSPS) is 10.8.